The maximum absolute atomic E-state index is 12.1. The summed E-state index contributed by atoms with van der Waals surface area (Å²) in [7, 11) is 1.44. The van der Waals surface area contributed by atoms with E-state index in [9.17, 15) is 13.2 Å². The Balaban J connectivity index is 2.15. The van der Waals surface area contributed by atoms with Gasteiger partial charge in [-0.1, -0.05) is 5.21 Å². The van der Waals surface area contributed by atoms with Crippen LogP contribution in [0.2, 0.25) is 0 Å². The number of alkyl halides is 3. The third-order valence-corrected chi connectivity index (χ3v) is 2.92. The highest BCUT2D eigenvalue weighted by molar-refractivity contribution is 5.67. The average Bonchev–Trinajstić information content (AvgIpc) is 2.99. The SMILES string of the molecule is COc1cc(OCCCC(F)(F)F)cc(-c2nn[nH]c2C#N)c1. The van der Waals surface area contributed by atoms with Gasteiger partial charge in [-0.05, 0) is 18.6 Å². The first-order chi connectivity index (χ1) is 10.9. The molecule has 0 amide bonds. The van der Waals surface area contributed by atoms with Crippen LogP contribution in [0.4, 0.5) is 13.2 Å². The first-order valence-electron chi connectivity index (χ1n) is 6.63. The van der Waals surface area contributed by atoms with E-state index >= 15 is 0 Å². The molecular formula is C14H13F3N4O2. The smallest absolute Gasteiger partial charge is 0.389 e. The Morgan fingerprint density at radius 2 is 2.00 bits per heavy atom. The van der Waals surface area contributed by atoms with E-state index in [-0.39, 0.29) is 18.7 Å². The van der Waals surface area contributed by atoms with Crippen molar-refractivity contribution in [1.82, 2.24) is 15.4 Å². The predicted octanol–water partition coefficient (Wildman–Crippen LogP) is 3.07. The number of ether oxygens (including phenoxy) is 2. The van der Waals surface area contributed by atoms with E-state index in [1.807, 2.05) is 6.07 Å². The van der Waals surface area contributed by atoms with Crippen LogP contribution in [-0.2, 0) is 0 Å². The van der Waals surface area contributed by atoms with Crippen molar-refractivity contribution in [3.05, 3.63) is 23.9 Å². The summed E-state index contributed by atoms with van der Waals surface area (Å²) >= 11 is 0. The van der Waals surface area contributed by atoms with Crippen molar-refractivity contribution in [3.8, 4) is 28.8 Å². The second-order valence-corrected chi connectivity index (χ2v) is 4.61. The van der Waals surface area contributed by atoms with Crippen molar-refractivity contribution in [2.75, 3.05) is 13.7 Å². The summed E-state index contributed by atoms with van der Waals surface area (Å²) in [6, 6.07) is 6.65. The van der Waals surface area contributed by atoms with Gasteiger partial charge in [0.15, 0.2) is 5.69 Å². The number of nitriles is 1. The first kappa shape index (κ1) is 16.6. The van der Waals surface area contributed by atoms with Crippen molar-refractivity contribution in [1.29, 1.82) is 5.26 Å². The third-order valence-electron chi connectivity index (χ3n) is 2.92. The minimum absolute atomic E-state index is 0.0873. The lowest BCUT2D eigenvalue weighted by Gasteiger charge is -2.11. The highest BCUT2D eigenvalue weighted by atomic mass is 19.4. The van der Waals surface area contributed by atoms with Crippen molar-refractivity contribution in [3.63, 3.8) is 0 Å². The molecule has 1 aromatic carbocycles. The fraction of sp³-hybridized carbons (Fsp3) is 0.357. The molecule has 0 saturated carbocycles. The van der Waals surface area contributed by atoms with Gasteiger partial charge in [-0.15, -0.1) is 5.10 Å². The van der Waals surface area contributed by atoms with Crippen molar-refractivity contribution >= 4 is 0 Å². The topological polar surface area (TPSA) is 83.8 Å². The maximum Gasteiger partial charge on any atom is 0.389 e. The van der Waals surface area contributed by atoms with E-state index in [0.29, 0.717) is 22.8 Å². The molecule has 0 bridgehead atoms. The van der Waals surface area contributed by atoms with E-state index in [1.165, 1.54) is 7.11 Å². The Morgan fingerprint density at radius 3 is 2.65 bits per heavy atom. The van der Waals surface area contributed by atoms with E-state index in [0.717, 1.165) is 0 Å². The van der Waals surface area contributed by atoms with E-state index < -0.39 is 12.6 Å². The fourth-order valence-electron chi connectivity index (χ4n) is 1.88. The molecule has 1 N–H and O–H groups in total. The van der Waals surface area contributed by atoms with Crippen molar-refractivity contribution < 1.29 is 22.6 Å². The molecular weight excluding hydrogens is 313 g/mol. The van der Waals surface area contributed by atoms with Crippen LogP contribution in [0, 0.1) is 11.3 Å². The Hall–Kier alpha value is -2.76. The Morgan fingerprint density at radius 1 is 1.26 bits per heavy atom. The van der Waals surface area contributed by atoms with Gasteiger partial charge in [-0.25, -0.2) is 5.10 Å². The number of hydrogen-bond acceptors (Lipinski definition) is 5. The van der Waals surface area contributed by atoms with Crippen molar-refractivity contribution in [2.24, 2.45) is 0 Å². The molecule has 0 aliphatic heterocycles. The number of rotatable bonds is 6. The van der Waals surface area contributed by atoms with Gasteiger partial charge in [-0.2, -0.15) is 18.4 Å². The number of aromatic amines is 1. The minimum atomic E-state index is -4.20. The number of aromatic nitrogens is 3. The van der Waals surface area contributed by atoms with Crippen LogP contribution in [-0.4, -0.2) is 35.3 Å². The Kier molecular flexibility index (Phi) is 5.05. The van der Waals surface area contributed by atoms with Gasteiger partial charge in [0.05, 0.1) is 13.7 Å². The zero-order chi connectivity index (χ0) is 16.9. The Bertz CT molecular complexity index is 707. The molecule has 0 fully saturated rings. The fourth-order valence-corrected chi connectivity index (χ4v) is 1.88. The van der Waals surface area contributed by atoms with Crippen molar-refractivity contribution in [2.45, 2.75) is 19.0 Å². The largest absolute Gasteiger partial charge is 0.497 e. The molecule has 122 valence electrons. The second kappa shape index (κ2) is 7.00. The molecule has 2 rings (SSSR count). The van der Waals surface area contributed by atoms with Gasteiger partial charge in [0.1, 0.15) is 23.3 Å². The monoisotopic (exact) mass is 326 g/mol. The average molecular weight is 326 g/mol. The van der Waals surface area contributed by atoms with Gasteiger partial charge in [-0.3, -0.25) is 0 Å². The summed E-state index contributed by atoms with van der Waals surface area (Å²) in [5, 5.41) is 18.8. The lowest BCUT2D eigenvalue weighted by Crippen LogP contribution is -2.09. The van der Waals surface area contributed by atoms with Crippen LogP contribution >= 0.6 is 0 Å². The molecule has 0 aliphatic carbocycles. The zero-order valence-corrected chi connectivity index (χ0v) is 12.1. The molecule has 1 heterocycles. The van der Waals surface area contributed by atoms with Crippen LogP contribution in [0.15, 0.2) is 18.2 Å². The lowest BCUT2D eigenvalue weighted by molar-refractivity contribution is -0.136. The van der Waals surface area contributed by atoms with Gasteiger partial charge >= 0.3 is 6.18 Å². The van der Waals surface area contributed by atoms with Gasteiger partial charge in [0.25, 0.3) is 0 Å². The summed E-state index contributed by atoms with van der Waals surface area (Å²) in [4.78, 5) is 0. The summed E-state index contributed by atoms with van der Waals surface area (Å²) in [6.07, 6.45) is -5.26. The van der Waals surface area contributed by atoms with Crippen LogP contribution < -0.4 is 9.47 Å². The zero-order valence-electron chi connectivity index (χ0n) is 12.1. The van der Waals surface area contributed by atoms with Crippen LogP contribution in [0.3, 0.4) is 0 Å². The number of halogens is 3. The van der Waals surface area contributed by atoms with Gasteiger partial charge < -0.3 is 9.47 Å². The van der Waals surface area contributed by atoms with Crippen LogP contribution in [0.1, 0.15) is 18.5 Å². The quantitative estimate of drug-likeness (QED) is 0.825. The first-order valence-corrected chi connectivity index (χ1v) is 6.63. The number of methoxy groups -OCH3 is 1. The predicted molar refractivity (Wildman–Crippen MR) is 73.9 cm³/mol. The summed E-state index contributed by atoms with van der Waals surface area (Å²) < 4.78 is 46.8. The van der Waals surface area contributed by atoms with Gasteiger partial charge in [0.2, 0.25) is 0 Å². The maximum atomic E-state index is 12.1. The number of benzene rings is 1. The minimum Gasteiger partial charge on any atom is -0.497 e. The van der Waals surface area contributed by atoms with E-state index in [1.54, 1.807) is 18.2 Å². The molecule has 6 nitrogen and oxygen atoms in total. The van der Waals surface area contributed by atoms with Crippen LogP contribution in [0.25, 0.3) is 11.3 Å². The molecule has 9 heteroatoms. The number of hydrogen-bond donors (Lipinski definition) is 1. The molecule has 0 atom stereocenters. The van der Waals surface area contributed by atoms with E-state index in [4.69, 9.17) is 14.7 Å². The molecule has 23 heavy (non-hydrogen) atoms. The molecule has 1 aromatic heterocycles. The highest BCUT2D eigenvalue weighted by Gasteiger charge is 2.26. The summed E-state index contributed by atoms with van der Waals surface area (Å²) in [6.45, 7) is -0.0873. The number of nitrogens with zero attached hydrogens (tertiary/aromatic N) is 3. The molecule has 0 spiro atoms. The molecule has 0 saturated heterocycles. The molecule has 0 radical (unpaired) electrons. The highest BCUT2D eigenvalue weighted by Crippen LogP contribution is 2.30. The summed E-state index contributed by atoms with van der Waals surface area (Å²) in [5.74, 6) is 0.758. The third kappa shape index (κ3) is 4.60. The van der Waals surface area contributed by atoms with Crippen LogP contribution in [0.5, 0.6) is 11.5 Å². The number of nitrogens with one attached hydrogen (secondary N) is 1. The standard InChI is InChI=1S/C14H13F3N4O2/c1-22-10-5-9(13-12(8-18)19-21-20-13)6-11(7-10)23-4-2-3-14(15,16)17/h5-7H,2-4H2,1H3,(H,19,20,21). The number of H-pyrrole nitrogens is 1. The van der Waals surface area contributed by atoms with E-state index in [2.05, 4.69) is 15.4 Å². The molecule has 0 aliphatic rings. The normalized spacial score (nSPS) is 11.1. The molecule has 2 aromatic rings. The van der Waals surface area contributed by atoms with Gasteiger partial charge in [0, 0.05) is 18.1 Å². The molecule has 0 unspecified atom stereocenters. The summed E-state index contributed by atoms with van der Waals surface area (Å²) in [5.41, 5.74) is 0.994. The Labute approximate surface area is 129 Å². The second-order valence-electron chi connectivity index (χ2n) is 4.61. The lowest BCUT2D eigenvalue weighted by atomic mass is 10.1.